The van der Waals surface area contributed by atoms with Gasteiger partial charge in [0.2, 0.25) is 5.91 Å². The number of nitriles is 1. The molecule has 1 amide bonds. The molecule has 0 radical (unpaired) electrons. The van der Waals surface area contributed by atoms with E-state index in [-0.39, 0.29) is 18.1 Å². The van der Waals surface area contributed by atoms with E-state index in [1.54, 1.807) is 44.6 Å². The molecule has 31 heavy (non-hydrogen) atoms. The van der Waals surface area contributed by atoms with Crippen LogP contribution in [0.4, 0.5) is 0 Å². The van der Waals surface area contributed by atoms with Crippen molar-refractivity contribution in [1.82, 2.24) is 4.90 Å². The number of carbonyl (C=O) groups is 1. The van der Waals surface area contributed by atoms with E-state index in [0.29, 0.717) is 39.0 Å². The van der Waals surface area contributed by atoms with Crippen molar-refractivity contribution in [2.45, 2.75) is 18.1 Å². The molecule has 8 heteroatoms. The first-order valence-electron chi connectivity index (χ1n) is 9.66. The van der Waals surface area contributed by atoms with E-state index >= 15 is 0 Å². The summed E-state index contributed by atoms with van der Waals surface area (Å²) in [6, 6.07) is 14.6. The summed E-state index contributed by atoms with van der Waals surface area (Å²) in [5, 5.41) is 22.0. The van der Waals surface area contributed by atoms with Crippen LogP contribution < -0.4 is 14.2 Å². The lowest BCUT2D eigenvalue weighted by atomic mass is 9.84. The summed E-state index contributed by atoms with van der Waals surface area (Å²) < 4.78 is 16.1. The van der Waals surface area contributed by atoms with E-state index < -0.39 is 11.6 Å². The van der Waals surface area contributed by atoms with Crippen molar-refractivity contribution in [2.24, 2.45) is 0 Å². The highest BCUT2D eigenvalue weighted by Gasteiger charge is 2.52. The quantitative estimate of drug-likeness (QED) is 0.765. The van der Waals surface area contributed by atoms with Gasteiger partial charge in [-0.05, 0) is 18.2 Å². The maximum atomic E-state index is 13.3. The monoisotopic (exact) mass is 438 g/mol. The van der Waals surface area contributed by atoms with E-state index in [0.717, 1.165) is 0 Å². The Kier molecular flexibility index (Phi) is 5.56. The normalized spacial score (nSPS) is 22.7. The first-order chi connectivity index (χ1) is 15.0. The van der Waals surface area contributed by atoms with Gasteiger partial charge in [0.05, 0.1) is 43.8 Å². The third-order valence-corrected chi connectivity index (χ3v) is 6.89. The van der Waals surface area contributed by atoms with Gasteiger partial charge in [-0.25, -0.2) is 0 Å². The third kappa shape index (κ3) is 3.30. The van der Waals surface area contributed by atoms with Gasteiger partial charge in [0.1, 0.15) is 5.75 Å². The van der Waals surface area contributed by atoms with Crippen LogP contribution >= 0.6 is 11.8 Å². The SMILES string of the molecule is COc1ccc([C@@]2(O)CSC3=C(C#N)[C@@H](c4cccc(OC)c4OC)CC(=O)N32)cc1. The molecule has 0 aliphatic carbocycles. The molecule has 1 fully saturated rings. The Bertz CT molecular complexity index is 1090. The fourth-order valence-electron chi connectivity index (χ4n) is 4.15. The molecule has 0 unspecified atom stereocenters. The number of aliphatic hydroxyl groups is 1. The Balaban J connectivity index is 1.81. The zero-order chi connectivity index (χ0) is 22.2. The molecule has 2 heterocycles. The summed E-state index contributed by atoms with van der Waals surface area (Å²) >= 11 is 1.31. The summed E-state index contributed by atoms with van der Waals surface area (Å²) in [5.74, 6) is 1.17. The number of allylic oxidation sites excluding steroid dienone is 1. The molecule has 1 saturated heterocycles. The molecule has 2 aliphatic heterocycles. The fraction of sp³-hybridized carbons (Fsp3) is 0.304. The number of methoxy groups -OCH3 is 3. The molecule has 7 nitrogen and oxygen atoms in total. The van der Waals surface area contributed by atoms with Gasteiger partial charge in [-0.2, -0.15) is 5.26 Å². The number of amides is 1. The Morgan fingerprint density at radius 1 is 1.13 bits per heavy atom. The van der Waals surface area contributed by atoms with Crippen molar-refractivity contribution in [3.8, 4) is 23.3 Å². The van der Waals surface area contributed by atoms with Gasteiger partial charge in [0.25, 0.3) is 0 Å². The molecular weight excluding hydrogens is 416 g/mol. The van der Waals surface area contributed by atoms with Gasteiger partial charge < -0.3 is 19.3 Å². The van der Waals surface area contributed by atoms with Gasteiger partial charge in [-0.15, -0.1) is 11.8 Å². The van der Waals surface area contributed by atoms with Crippen molar-refractivity contribution in [3.63, 3.8) is 0 Å². The number of benzene rings is 2. The number of hydrogen-bond acceptors (Lipinski definition) is 7. The van der Waals surface area contributed by atoms with Crippen LogP contribution in [0.15, 0.2) is 53.1 Å². The molecule has 0 aromatic heterocycles. The fourth-order valence-corrected chi connectivity index (χ4v) is 5.51. The molecule has 160 valence electrons. The smallest absolute Gasteiger partial charge is 0.231 e. The Morgan fingerprint density at radius 2 is 1.87 bits per heavy atom. The van der Waals surface area contributed by atoms with Crippen molar-refractivity contribution < 1.29 is 24.1 Å². The second-order valence-electron chi connectivity index (χ2n) is 7.23. The number of fused-ring (bicyclic) bond motifs is 1. The zero-order valence-corrected chi connectivity index (χ0v) is 18.2. The Morgan fingerprint density at radius 3 is 2.48 bits per heavy atom. The van der Waals surface area contributed by atoms with E-state index in [1.165, 1.54) is 23.8 Å². The lowest BCUT2D eigenvalue weighted by Gasteiger charge is -2.38. The van der Waals surface area contributed by atoms with Crippen LogP contribution in [0.2, 0.25) is 0 Å². The van der Waals surface area contributed by atoms with Crippen LogP contribution in [0.25, 0.3) is 0 Å². The maximum absolute atomic E-state index is 13.3. The van der Waals surface area contributed by atoms with Gasteiger partial charge in [-0.3, -0.25) is 9.69 Å². The van der Waals surface area contributed by atoms with E-state index in [2.05, 4.69) is 6.07 Å². The van der Waals surface area contributed by atoms with Crippen molar-refractivity contribution in [2.75, 3.05) is 27.1 Å². The molecule has 0 bridgehead atoms. The minimum Gasteiger partial charge on any atom is -0.497 e. The summed E-state index contributed by atoms with van der Waals surface area (Å²) in [4.78, 5) is 14.7. The first kappa shape index (κ1) is 21.1. The molecular formula is C23H22N2O5S. The highest BCUT2D eigenvalue weighted by Crippen LogP contribution is 2.53. The first-order valence-corrected chi connectivity index (χ1v) is 10.6. The number of hydrogen-bond donors (Lipinski definition) is 1. The summed E-state index contributed by atoms with van der Waals surface area (Å²) in [6.07, 6.45) is 0.0367. The molecule has 2 aliphatic rings. The van der Waals surface area contributed by atoms with E-state index in [9.17, 15) is 15.2 Å². The van der Waals surface area contributed by atoms with Gasteiger partial charge >= 0.3 is 0 Å². The number of rotatable bonds is 5. The summed E-state index contributed by atoms with van der Waals surface area (Å²) in [5.41, 5.74) is 0.174. The van der Waals surface area contributed by atoms with Crippen LogP contribution in [0, 0.1) is 11.3 Å². The average molecular weight is 439 g/mol. The molecule has 0 saturated carbocycles. The summed E-state index contributed by atoms with van der Waals surface area (Å²) in [6.45, 7) is 0. The molecule has 2 aromatic rings. The van der Waals surface area contributed by atoms with Gasteiger partial charge in [-0.1, -0.05) is 24.3 Å². The Labute approximate surface area is 184 Å². The number of thioether (sulfide) groups is 1. The third-order valence-electron chi connectivity index (χ3n) is 5.67. The molecule has 0 spiro atoms. The highest BCUT2D eigenvalue weighted by molar-refractivity contribution is 8.03. The van der Waals surface area contributed by atoms with Crippen molar-refractivity contribution in [3.05, 3.63) is 64.2 Å². The largest absolute Gasteiger partial charge is 0.497 e. The number of carbonyl (C=O) groups excluding carboxylic acids is 1. The van der Waals surface area contributed by atoms with E-state index in [4.69, 9.17) is 14.2 Å². The molecule has 2 atom stereocenters. The molecule has 2 aromatic carbocycles. The van der Waals surface area contributed by atoms with Crippen LogP contribution in [0.1, 0.15) is 23.5 Å². The number of ether oxygens (including phenoxy) is 3. The number of nitrogens with zero attached hydrogens (tertiary/aromatic N) is 2. The lowest BCUT2D eigenvalue weighted by molar-refractivity contribution is -0.149. The topological polar surface area (TPSA) is 92.0 Å². The standard InChI is InChI=1S/C23H22N2O5S/c1-28-15-9-7-14(8-10-15)23(27)13-31-22-18(12-24)17(11-20(26)25(22)23)16-5-4-6-19(29-2)21(16)30-3/h4-10,17,27H,11,13H2,1-3H3/t17-,23+/m1/s1. The predicted molar refractivity (Wildman–Crippen MR) is 116 cm³/mol. The van der Waals surface area contributed by atoms with Crippen molar-refractivity contribution in [1.29, 1.82) is 5.26 Å². The van der Waals surface area contributed by atoms with Crippen LogP contribution in [-0.2, 0) is 10.5 Å². The molecule has 4 rings (SSSR count). The van der Waals surface area contributed by atoms with Gasteiger partial charge in [0.15, 0.2) is 17.2 Å². The highest BCUT2D eigenvalue weighted by atomic mass is 32.2. The van der Waals surface area contributed by atoms with Crippen LogP contribution in [0.5, 0.6) is 17.2 Å². The van der Waals surface area contributed by atoms with E-state index in [1.807, 2.05) is 12.1 Å². The van der Waals surface area contributed by atoms with Crippen LogP contribution in [0.3, 0.4) is 0 Å². The summed E-state index contributed by atoms with van der Waals surface area (Å²) in [7, 11) is 4.64. The minimum atomic E-state index is -1.53. The molecule has 1 N–H and O–H groups in total. The lowest BCUT2D eigenvalue weighted by Crippen LogP contribution is -2.48. The zero-order valence-electron chi connectivity index (χ0n) is 17.4. The second-order valence-corrected chi connectivity index (χ2v) is 8.20. The van der Waals surface area contributed by atoms with Gasteiger partial charge in [0, 0.05) is 23.5 Å². The van der Waals surface area contributed by atoms with Crippen molar-refractivity contribution >= 4 is 17.7 Å². The second kappa shape index (κ2) is 8.17. The van der Waals surface area contributed by atoms with Crippen LogP contribution in [-0.4, -0.2) is 43.0 Å². The predicted octanol–water partition coefficient (Wildman–Crippen LogP) is 3.36. The average Bonchev–Trinajstić information content (AvgIpc) is 3.17. The number of para-hydroxylation sites is 1. The Hall–Kier alpha value is -3.15. The minimum absolute atomic E-state index is 0.0367. The maximum Gasteiger partial charge on any atom is 0.231 e.